The number of carbonyl (C=O) groups is 1. The topological polar surface area (TPSA) is 74.7 Å². The van der Waals surface area contributed by atoms with E-state index in [1.165, 1.54) is 0 Å². The predicted molar refractivity (Wildman–Crippen MR) is 86.1 cm³/mol. The van der Waals surface area contributed by atoms with Crippen molar-refractivity contribution in [1.29, 1.82) is 0 Å². The highest BCUT2D eigenvalue weighted by atomic mass is 16.5. The molecule has 6 nitrogen and oxygen atoms in total. The molecule has 0 saturated carbocycles. The maximum Gasteiger partial charge on any atom is 0.317 e. The lowest BCUT2D eigenvalue weighted by molar-refractivity contribution is -0.173. The zero-order chi connectivity index (χ0) is 16.1. The van der Waals surface area contributed by atoms with Gasteiger partial charge in [0.1, 0.15) is 0 Å². The maximum absolute atomic E-state index is 12.2. The van der Waals surface area contributed by atoms with Crippen LogP contribution in [0.4, 0.5) is 4.79 Å². The summed E-state index contributed by atoms with van der Waals surface area (Å²) in [5.41, 5.74) is 0.739. The molecule has 3 rings (SSSR count). The largest absolute Gasteiger partial charge is 0.390 e. The molecule has 2 fully saturated rings. The second kappa shape index (κ2) is 7.27. The summed E-state index contributed by atoms with van der Waals surface area (Å²) in [6, 6.07) is 3.89. The number of pyridine rings is 1. The molecule has 1 spiro atoms. The number of amides is 2. The van der Waals surface area contributed by atoms with Gasteiger partial charge in [-0.05, 0) is 49.8 Å². The molecule has 126 valence electrons. The van der Waals surface area contributed by atoms with Crippen LogP contribution in [0.1, 0.15) is 31.2 Å². The van der Waals surface area contributed by atoms with Gasteiger partial charge in [0, 0.05) is 38.6 Å². The molecular formula is C17H25N3O3. The molecular weight excluding hydrogens is 294 g/mol. The van der Waals surface area contributed by atoms with Crippen molar-refractivity contribution < 1.29 is 14.6 Å². The number of urea groups is 1. The van der Waals surface area contributed by atoms with E-state index in [9.17, 15) is 9.90 Å². The molecule has 2 saturated heterocycles. The monoisotopic (exact) mass is 319 g/mol. The van der Waals surface area contributed by atoms with Gasteiger partial charge in [-0.2, -0.15) is 0 Å². The molecule has 0 radical (unpaired) electrons. The predicted octanol–water partition coefficient (Wildman–Crippen LogP) is 1.34. The number of piperidine rings is 1. The minimum atomic E-state index is -0.425. The molecule has 3 heterocycles. The third kappa shape index (κ3) is 3.82. The van der Waals surface area contributed by atoms with Crippen molar-refractivity contribution in [2.45, 2.75) is 43.8 Å². The van der Waals surface area contributed by atoms with Crippen LogP contribution in [-0.4, -0.2) is 59.0 Å². The van der Waals surface area contributed by atoms with E-state index in [-0.39, 0.29) is 6.03 Å². The van der Waals surface area contributed by atoms with Crippen LogP contribution in [0.15, 0.2) is 24.5 Å². The number of carbonyl (C=O) groups excluding carboxylic acids is 1. The highest BCUT2D eigenvalue weighted by molar-refractivity contribution is 5.74. The van der Waals surface area contributed by atoms with Crippen LogP contribution in [0.25, 0.3) is 0 Å². The number of likely N-dealkylation sites (tertiary alicyclic amines) is 1. The molecule has 23 heavy (non-hydrogen) atoms. The fourth-order valence-electron chi connectivity index (χ4n) is 3.45. The van der Waals surface area contributed by atoms with Gasteiger partial charge in [0.05, 0.1) is 11.7 Å². The van der Waals surface area contributed by atoms with Gasteiger partial charge in [-0.3, -0.25) is 4.98 Å². The summed E-state index contributed by atoms with van der Waals surface area (Å²) in [4.78, 5) is 18.0. The molecule has 2 N–H and O–H groups in total. The van der Waals surface area contributed by atoms with Gasteiger partial charge in [-0.15, -0.1) is 0 Å². The average Bonchev–Trinajstić information content (AvgIpc) is 2.59. The lowest BCUT2D eigenvalue weighted by Gasteiger charge is -2.46. The first kappa shape index (κ1) is 16.2. The lowest BCUT2D eigenvalue weighted by Crippen LogP contribution is -2.57. The van der Waals surface area contributed by atoms with Gasteiger partial charge in [0.15, 0.2) is 0 Å². The Labute approximate surface area is 136 Å². The van der Waals surface area contributed by atoms with Crippen LogP contribution >= 0.6 is 0 Å². The number of aromatic nitrogens is 1. The number of nitrogens with zero attached hydrogens (tertiary/aromatic N) is 2. The molecule has 0 aliphatic carbocycles. The van der Waals surface area contributed by atoms with Gasteiger partial charge < -0.3 is 20.1 Å². The molecule has 1 atom stereocenters. The van der Waals surface area contributed by atoms with Crippen LogP contribution in [-0.2, 0) is 11.2 Å². The average molecular weight is 319 g/mol. The van der Waals surface area contributed by atoms with Crippen molar-refractivity contribution in [2.24, 2.45) is 0 Å². The molecule has 1 aromatic heterocycles. The van der Waals surface area contributed by atoms with Crippen molar-refractivity contribution in [3.8, 4) is 0 Å². The third-order valence-corrected chi connectivity index (χ3v) is 4.95. The van der Waals surface area contributed by atoms with E-state index in [1.807, 2.05) is 17.0 Å². The Morgan fingerprint density at radius 3 is 2.83 bits per heavy atom. The molecule has 0 bridgehead atoms. The zero-order valence-electron chi connectivity index (χ0n) is 13.4. The van der Waals surface area contributed by atoms with E-state index in [2.05, 4.69) is 10.3 Å². The number of ether oxygens (including phenoxy) is 1. The highest BCUT2D eigenvalue weighted by Crippen LogP contribution is 2.35. The summed E-state index contributed by atoms with van der Waals surface area (Å²) in [7, 11) is 0. The number of aliphatic hydroxyl groups excluding tert-OH is 1. The highest BCUT2D eigenvalue weighted by Gasteiger charge is 2.44. The Balaban J connectivity index is 1.43. The first-order chi connectivity index (χ1) is 11.2. The summed E-state index contributed by atoms with van der Waals surface area (Å²) in [6.45, 7) is 2.61. The first-order valence-electron chi connectivity index (χ1n) is 8.43. The van der Waals surface area contributed by atoms with Crippen LogP contribution < -0.4 is 5.32 Å². The normalized spacial score (nSPS) is 23.7. The molecule has 1 aromatic rings. The van der Waals surface area contributed by atoms with Crippen molar-refractivity contribution in [3.05, 3.63) is 30.1 Å². The quantitative estimate of drug-likeness (QED) is 0.882. The Morgan fingerprint density at radius 2 is 2.13 bits per heavy atom. The minimum absolute atomic E-state index is 0.0285. The third-order valence-electron chi connectivity index (χ3n) is 4.95. The van der Waals surface area contributed by atoms with Gasteiger partial charge in [0.25, 0.3) is 0 Å². The summed E-state index contributed by atoms with van der Waals surface area (Å²) in [6.07, 6.45) is 7.08. The van der Waals surface area contributed by atoms with Crippen molar-refractivity contribution in [1.82, 2.24) is 15.2 Å². The molecule has 0 aromatic carbocycles. The van der Waals surface area contributed by atoms with Crippen LogP contribution in [0.2, 0.25) is 0 Å². The van der Waals surface area contributed by atoms with Crippen molar-refractivity contribution in [3.63, 3.8) is 0 Å². The van der Waals surface area contributed by atoms with Gasteiger partial charge in [0.2, 0.25) is 0 Å². The van der Waals surface area contributed by atoms with Crippen LogP contribution in [0.5, 0.6) is 0 Å². The Hall–Kier alpha value is -1.66. The van der Waals surface area contributed by atoms with E-state index < -0.39 is 11.7 Å². The van der Waals surface area contributed by atoms with Gasteiger partial charge in [-0.25, -0.2) is 4.79 Å². The molecule has 2 aliphatic heterocycles. The van der Waals surface area contributed by atoms with E-state index in [0.717, 1.165) is 31.4 Å². The van der Waals surface area contributed by atoms with Crippen LogP contribution in [0, 0.1) is 0 Å². The Morgan fingerprint density at radius 1 is 1.39 bits per heavy atom. The Bertz CT molecular complexity index is 515. The fourth-order valence-corrected chi connectivity index (χ4v) is 3.45. The standard InChI is InChI=1S/C17H25N3O3/c21-15-2-1-13-23-17(15)6-11-20(12-7-17)16(22)19-10-5-14-3-8-18-9-4-14/h3-4,8-9,15,21H,1-2,5-7,10-13H2,(H,19,22)/t15-/m0/s1. The molecule has 2 amide bonds. The number of aliphatic hydroxyl groups is 1. The van der Waals surface area contributed by atoms with Crippen LogP contribution in [0.3, 0.4) is 0 Å². The number of rotatable bonds is 3. The van der Waals surface area contributed by atoms with E-state index in [4.69, 9.17) is 4.74 Å². The zero-order valence-corrected chi connectivity index (χ0v) is 13.4. The second-order valence-corrected chi connectivity index (χ2v) is 6.40. The maximum atomic E-state index is 12.2. The molecule has 0 unspecified atom stereocenters. The molecule has 6 heteroatoms. The van der Waals surface area contributed by atoms with Gasteiger partial charge >= 0.3 is 6.03 Å². The minimum Gasteiger partial charge on any atom is -0.390 e. The number of hydrogen-bond acceptors (Lipinski definition) is 4. The second-order valence-electron chi connectivity index (χ2n) is 6.40. The van der Waals surface area contributed by atoms with Crippen molar-refractivity contribution >= 4 is 6.03 Å². The summed E-state index contributed by atoms with van der Waals surface area (Å²) in [5, 5.41) is 13.2. The van der Waals surface area contributed by atoms with Crippen molar-refractivity contribution in [2.75, 3.05) is 26.2 Å². The van der Waals surface area contributed by atoms with E-state index >= 15 is 0 Å². The smallest absolute Gasteiger partial charge is 0.317 e. The SMILES string of the molecule is O=C(NCCc1ccncc1)N1CCC2(CC1)OCCC[C@@H]2O. The van der Waals surface area contributed by atoms with E-state index in [1.54, 1.807) is 12.4 Å². The lowest BCUT2D eigenvalue weighted by atomic mass is 9.82. The summed E-state index contributed by atoms with van der Waals surface area (Å²) in [5.74, 6) is 0. The first-order valence-corrected chi connectivity index (χ1v) is 8.43. The summed E-state index contributed by atoms with van der Waals surface area (Å²) < 4.78 is 5.87. The Kier molecular flexibility index (Phi) is 5.13. The van der Waals surface area contributed by atoms with E-state index in [0.29, 0.717) is 32.5 Å². The molecule has 2 aliphatic rings. The fraction of sp³-hybridized carbons (Fsp3) is 0.647. The number of hydrogen-bond donors (Lipinski definition) is 2. The summed E-state index contributed by atoms with van der Waals surface area (Å²) >= 11 is 0. The van der Waals surface area contributed by atoms with Gasteiger partial charge in [-0.1, -0.05) is 0 Å². The number of nitrogens with one attached hydrogen (secondary N) is 1.